The molecule has 0 aromatic carbocycles. The summed E-state index contributed by atoms with van der Waals surface area (Å²) >= 11 is 0. The van der Waals surface area contributed by atoms with Gasteiger partial charge in [-0.05, 0) is 13.8 Å². The summed E-state index contributed by atoms with van der Waals surface area (Å²) in [4.78, 5) is 8.97. The Morgan fingerprint density at radius 1 is 1.24 bits per heavy atom. The van der Waals surface area contributed by atoms with Crippen molar-refractivity contribution in [2.75, 3.05) is 12.4 Å². The van der Waals surface area contributed by atoms with Gasteiger partial charge in [0.05, 0.1) is 12.4 Å². The monoisotopic (exact) mass is 289 g/mol. The summed E-state index contributed by atoms with van der Waals surface area (Å²) in [6.45, 7) is 10.4. The fourth-order valence-corrected chi connectivity index (χ4v) is 1.72. The molecule has 2 aromatic heterocycles. The lowest BCUT2D eigenvalue weighted by Crippen LogP contribution is -2.17. The molecular weight excluding hydrogens is 266 g/mol. The van der Waals surface area contributed by atoms with Crippen LogP contribution in [0.3, 0.4) is 0 Å². The van der Waals surface area contributed by atoms with Gasteiger partial charge in [-0.25, -0.2) is 4.98 Å². The molecule has 1 N–H and O–H groups in total. The van der Waals surface area contributed by atoms with Gasteiger partial charge >= 0.3 is 0 Å². The SMILES string of the molecule is CNc1cc(Oc2cnn(C(C)C)c2)nc(C(C)(C)C)n1. The van der Waals surface area contributed by atoms with E-state index in [0.717, 1.165) is 11.6 Å². The Kier molecular flexibility index (Phi) is 4.16. The van der Waals surface area contributed by atoms with Gasteiger partial charge < -0.3 is 10.1 Å². The molecule has 114 valence electrons. The Morgan fingerprint density at radius 2 is 1.95 bits per heavy atom. The van der Waals surface area contributed by atoms with Crippen LogP contribution in [-0.4, -0.2) is 26.8 Å². The van der Waals surface area contributed by atoms with E-state index in [9.17, 15) is 0 Å². The molecule has 6 heteroatoms. The smallest absolute Gasteiger partial charge is 0.224 e. The first-order valence-corrected chi connectivity index (χ1v) is 7.09. The summed E-state index contributed by atoms with van der Waals surface area (Å²) in [6.07, 6.45) is 3.56. The van der Waals surface area contributed by atoms with Crippen molar-refractivity contribution in [3.63, 3.8) is 0 Å². The Bertz CT molecular complexity index is 613. The molecule has 0 bridgehead atoms. The van der Waals surface area contributed by atoms with Gasteiger partial charge in [0.15, 0.2) is 5.75 Å². The van der Waals surface area contributed by atoms with Crippen LogP contribution >= 0.6 is 0 Å². The quantitative estimate of drug-likeness (QED) is 0.934. The predicted molar refractivity (Wildman–Crippen MR) is 83.0 cm³/mol. The van der Waals surface area contributed by atoms with Crippen molar-refractivity contribution in [1.82, 2.24) is 19.7 Å². The fourth-order valence-electron chi connectivity index (χ4n) is 1.72. The molecule has 0 unspecified atom stereocenters. The number of hydrogen-bond acceptors (Lipinski definition) is 5. The number of nitrogens with one attached hydrogen (secondary N) is 1. The number of ether oxygens (including phenoxy) is 1. The van der Waals surface area contributed by atoms with Gasteiger partial charge in [0.1, 0.15) is 11.6 Å². The van der Waals surface area contributed by atoms with Crippen LogP contribution < -0.4 is 10.1 Å². The summed E-state index contributed by atoms with van der Waals surface area (Å²) in [6, 6.07) is 2.08. The number of aromatic nitrogens is 4. The molecule has 0 fully saturated rings. The summed E-state index contributed by atoms with van der Waals surface area (Å²) in [5.74, 6) is 2.66. The zero-order chi connectivity index (χ0) is 15.6. The maximum atomic E-state index is 5.81. The summed E-state index contributed by atoms with van der Waals surface area (Å²) in [5, 5.41) is 7.30. The van der Waals surface area contributed by atoms with Crippen LogP contribution in [0, 0.1) is 0 Å². The van der Waals surface area contributed by atoms with E-state index in [1.165, 1.54) is 0 Å². The third-order valence-corrected chi connectivity index (χ3v) is 2.96. The molecule has 0 radical (unpaired) electrons. The van der Waals surface area contributed by atoms with Crippen LogP contribution in [0.1, 0.15) is 46.5 Å². The number of hydrogen-bond donors (Lipinski definition) is 1. The lowest BCUT2D eigenvalue weighted by Gasteiger charge is -2.18. The van der Waals surface area contributed by atoms with Crippen LogP contribution in [0.25, 0.3) is 0 Å². The second-order valence-electron chi connectivity index (χ2n) is 6.27. The molecule has 0 spiro atoms. The summed E-state index contributed by atoms with van der Waals surface area (Å²) in [7, 11) is 1.83. The van der Waals surface area contributed by atoms with Crippen molar-refractivity contribution in [3.8, 4) is 11.6 Å². The minimum Gasteiger partial charge on any atom is -0.436 e. The van der Waals surface area contributed by atoms with Crippen LogP contribution in [0.15, 0.2) is 18.5 Å². The standard InChI is InChI=1S/C15H23N5O/c1-10(2)20-9-11(8-17-20)21-13-7-12(16-6)18-14(19-13)15(3,4)5/h7-10H,1-6H3,(H,16,18,19). The van der Waals surface area contributed by atoms with E-state index in [1.807, 2.05) is 17.9 Å². The van der Waals surface area contributed by atoms with Gasteiger partial charge in [-0.3, -0.25) is 4.68 Å². The highest BCUT2D eigenvalue weighted by Crippen LogP contribution is 2.26. The topological polar surface area (TPSA) is 64.9 Å². The van der Waals surface area contributed by atoms with Gasteiger partial charge in [-0.15, -0.1) is 0 Å². The van der Waals surface area contributed by atoms with Crippen LogP contribution in [0.4, 0.5) is 5.82 Å². The van der Waals surface area contributed by atoms with E-state index in [1.54, 1.807) is 12.3 Å². The Hall–Kier alpha value is -2.11. The second-order valence-corrected chi connectivity index (χ2v) is 6.27. The molecule has 0 atom stereocenters. The van der Waals surface area contributed by atoms with Crippen molar-refractivity contribution < 1.29 is 4.74 Å². The Morgan fingerprint density at radius 3 is 2.48 bits per heavy atom. The zero-order valence-electron chi connectivity index (χ0n) is 13.5. The molecule has 0 aliphatic carbocycles. The second kappa shape index (κ2) is 5.71. The normalized spacial score (nSPS) is 11.8. The number of rotatable bonds is 4. The highest BCUT2D eigenvalue weighted by molar-refractivity contribution is 5.39. The van der Waals surface area contributed by atoms with E-state index >= 15 is 0 Å². The van der Waals surface area contributed by atoms with Gasteiger partial charge in [-0.2, -0.15) is 10.1 Å². The van der Waals surface area contributed by atoms with Crippen molar-refractivity contribution in [1.29, 1.82) is 0 Å². The molecule has 0 amide bonds. The highest BCUT2D eigenvalue weighted by atomic mass is 16.5. The van der Waals surface area contributed by atoms with E-state index < -0.39 is 0 Å². The van der Waals surface area contributed by atoms with Gasteiger partial charge in [0.25, 0.3) is 0 Å². The molecule has 6 nitrogen and oxygen atoms in total. The van der Waals surface area contributed by atoms with E-state index in [0.29, 0.717) is 17.7 Å². The third kappa shape index (κ3) is 3.71. The lowest BCUT2D eigenvalue weighted by atomic mass is 9.96. The fraction of sp³-hybridized carbons (Fsp3) is 0.533. The molecule has 2 rings (SSSR count). The van der Waals surface area contributed by atoms with Crippen molar-refractivity contribution >= 4 is 5.82 Å². The van der Waals surface area contributed by atoms with Gasteiger partial charge in [-0.1, -0.05) is 20.8 Å². The first-order chi connectivity index (χ1) is 9.79. The minimum absolute atomic E-state index is 0.146. The molecular formula is C15H23N5O. The molecule has 2 heterocycles. The maximum absolute atomic E-state index is 5.81. The molecule has 2 aromatic rings. The van der Waals surface area contributed by atoms with Gasteiger partial charge in [0, 0.05) is 24.6 Å². The van der Waals surface area contributed by atoms with E-state index in [-0.39, 0.29) is 5.41 Å². The first kappa shape index (κ1) is 15.3. The predicted octanol–water partition coefficient (Wildman–Crippen LogP) is 3.39. The third-order valence-electron chi connectivity index (χ3n) is 2.96. The van der Waals surface area contributed by atoms with Crippen molar-refractivity contribution in [3.05, 3.63) is 24.3 Å². The molecule has 21 heavy (non-hydrogen) atoms. The average molecular weight is 289 g/mol. The summed E-state index contributed by atoms with van der Waals surface area (Å²) < 4.78 is 7.66. The number of anilines is 1. The minimum atomic E-state index is -0.146. The van der Waals surface area contributed by atoms with Crippen LogP contribution in [0.2, 0.25) is 0 Å². The average Bonchev–Trinajstić information content (AvgIpc) is 2.86. The number of nitrogens with zero attached hydrogens (tertiary/aromatic N) is 4. The highest BCUT2D eigenvalue weighted by Gasteiger charge is 2.19. The Balaban J connectivity index is 2.30. The van der Waals surface area contributed by atoms with Crippen molar-refractivity contribution in [2.45, 2.75) is 46.1 Å². The van der Waals surface area contributed by atoms with Crippen molar-refractivity contribution in [2.24, 2.45) is 0 Å². The molecule has 0 aliphatic heterocycles. The van der Waals surface area contributed by atoms with E-state index in [2.05, 4.69) is 55.0 Å². The molecule has 0 saturated carbocycles. The Labute approximate surface area is 125 Å². The van der Waals surface area contributed by atoms with Crippen LogP contribution in [0.5, 0.6) is 11.6 Å². The van der Waals surface area contributed by atoms with Crippen LogP contribution in [-0.2, 0) is 5.41 Å². The molecule has 0 saturated heterocycles. The largest absolute Gasteiger partial charge is 0.436 e. The molecule has 0 aliphatic rings. The maximum Gasteiger partial charge on any atom is 0.224 e. The van der Waals surface area contributed by atoms with Gasteiger partial charge in [0.2, 0.25) is 5.88 Å². The lowest BCUT2D eigenvalue weighted by molar-refractivity contribution is 0.444. The zero-order valence-corrected chi connectivity index (χ0v) is 13.5. The first-order valence-electron chi connectivity index (χ1n) is 7.09. The van der Waals surface area contributed by atoms with E-state index in [4.69, 9.17) is 4.74 Å². The summed E-state index contributed by atoms with van der Waals surface area (Å²) in [5.41, 5.74) is -0.146.